The number of hydrogen-bond donors (Lipinski definition) is 2. The average Bonchev–Trinajstić information content (AvgIpc) is 2.92. The topological polar surface area (TPSA) is 66.5 Å². The molecule has 2 heterocycles. The number of pyridine rings is 1. The lowest BCUT2D eigenvalue weighted by Crippen LogP contribution is -2.06. The molecule has 0 aliphatic rings. The maximum absolute atomic E-state index is 5.96. The Balaban J connectivity index is 1.77. The van der Waals surface area contributed by atoms with Crippen molar-refractivity contribution < 1.29 is 0 Å². The molecule has 0 spiro atoms. The highest BCUT2D eigenvalue weighted by atomic mass is 35.5. The first-order valence-electron chi connectivity index (χ1n) is 5.95. The Hall–Kier alpha value is -2.14. The SMILES string of the molecule is Clc1ccc2c(NCCc3ncn[nH]3)ccnc2c1. The number of H-pyrrole nitrogens is 1. The summed E-state index contributed by atoms with van der Waals surface area (Å²) in [5.74, 6) is 0.869. The number of halogens is 1. The van der Waals surface area contributed by atoms with Crippen molar-refractivity contribution in [3.8, 4) is 0 Å². The zero-order chi connectivity index (χ0) is 13.1. The number of benzene rings is 1. The molecule has 0 aliphatic carbocycles. The minimum absolute atomic E-state index is 0.693. The van der Waals surface area contributed by atoms with E-state index in [2.05, 4.69) is 25.5 Å². The van der Waals surface area contributed by atoms with E-state index in [1.807, 2.05) is 24.3 Å². The quantitative estimate of drug-likeness (QED) is 0.767. The third-order valence-corrected chi connectivity index (χ3v) is 3.08. The van der Waals surface area contributed by atoms with E-state index >= 15 is 0 Å². The molecule has 96 valence electrons. The van der Waals surface area contributed by atoms with Crippen LogP contribution in [-0.4, -0.2) is 26.7 Å². The number of rotatable bonds is 4. The Labute approximate surface area is 115 Å². The first-order valence-corrected chi connectivity index (χ1v) is 6.33. The van der Waals surface area contributed by atoms with Gasteiger partial charge < -0.3 is 5.32 Å². The summed E-state index contributed by atoms with van der Waals surface area (Å²) in [7, 11) is 0. The van der Waals surface area contributed by atoms with Crippen molar-refractivity contribution in [3.05, 3.63) is 47.6 Å². The van der Waals surface area contributed by atoms with Gasteiger partial charge in [0.05, 0.1) is 5.52 Å². The fraction of sp³-hybridized carbons (Fsp3) is 0.154. The Morgan fingerprint density at radius 3 is 3.00 bits per heavy atom. The maximum Gasteiger partial charge on any atom is 0.137 e. The van der Waals surface area contributed by atoms with Gasteiger partial charge >= 0.3 is 0 Å². The van der Waals surface area contributed by atoms with Crippen molar-refractivity contribution in [2.45, 2.75) is 6.42 Å². The Morgan fingerprint density at radius 1 is 1.21 bits per heavy atom. The summed E-state index contributed by atoms with van der Waals surface area (Å²) in [5, 5.41) is 11.8. The van der Waals surface area contributed by atoms with Crippen LogP contribution in [0.2, 0.25) is 5.02 Å². The van der Waals surface area contributed by atoms with Crippen molar-refractivity contribution in [3.63, 3.8) is 0 Å². The van der Waals surface area contributed by atoms with E-state index in [0.29, 0.717) is 5.02 Å². The van der Waals surface area contributed by atoms with Crippen LogP contribution in [0.1, 0.15) is 5.82 Å². The van der Waals surface area contributed by atoms with E-state index in [-0.39, 0.29) is 0 Å². The van der Waals surface area contributed by atoms with Crippen molar-refractivity contribution >= 4 is 28.2 Å². The van der Waals surface area contributed by atoms with E-state index in [0.717, 1.165) is 35.4 Å². The molecule has 0 atom stereocenters. The van der Waals surface area contributed by atoms with Crippen LogP contribution < -0.4 is 5.32 Å². The molecule has 0 saturated carbocycles. The summed E-state index contributed by atoms with van der Waals surface area (Å²) in [6, 6.07) is 7.66. The summed E-state index contributed by atoms with van der Waals surface area (Å²) < 4.78 is 0. The molecule has 0 radical (unpaired) electrons. The zero-order valence-electron chi connectivity index (χ0n) is 10.1. The number of aromatic nitrogens is 4. The van der Waals surface area contributed by atoms with Gasteiger partial charge in [-0.25, -0.2) is 4.98 Å². The zero-order valence-corrected chi connectivity index (χ0v) is 10.9. The van der Waals surface area contributed by atoms with Crippen LogP contribution in [0.4, 0.5) is 5.69 Å². The summed E-state index contributed by atoms with van der Waals surface area (Å²) >= 11 is 5.96. The Bertz CT molecular complexity index is 681. The van der Waals surface area contributed by atoms with Gasteiger partial charge in [0.2, 0.25) is 0 Å². The molecule has 3 rings (SSSR count). The predicted molar refractivity (Wildman–Crippen MR) is 75.3 cm³/mol. The molecule has 0 aliphatic heterocycles. The van der Waals surface area contributed by atoms with E-state index in [1.165, 1.54) is 6.33 Å². The van der Waals surface area contributed by atoms with Crippen LogP contribution in [0.25, 0.3) is 10.9 Å². The highest BCUT2D eigenvalue weighted by molar-refractivity contribution is 6.31. The van der Waals surface area contributed by atoms with Gasteiger partial charge in [-0.1, -0.05) is 11.6 Å². The molecule has 5 nitrogen and oxygen atoms in total. The van der Waals surface area contributed by atoms with Gasteiger partial charge in [0, 0.05) is 35.3 Å². The number of nitrogens with one attached hydrogen (secondary N) is 2. The second-order valence-corrected chi connectivity index (χ2v) is 4.57. The molecule has 0 unspecified atom stereocenters. The van der Waals surface area contributed by atoms with Gasteiger partial charge in [-0.15, -0.1) is 0 Å². The van der Waals surface area contributed by atoms with Gasteiger partial charge in [0.25, 0.3) is 0 Å². The van der Waals surface area contributed by atoms with Gasteiger partial charge in [0.15, 0.2) is 0 Å². The third kappa shape index (κ3) is 2.66. The van der Waals surface area contributed by atoms with Crippen molar-refractivity contribution in [1.82, 2.24) is 20.2 Å². The fourth-order valence-electron chi connectivity index (χ4n) is 1.94. The molecule has 0 bridgehead atoms. The second-order valence-electron chi connectivity index (χ2n) is 4.13. The number of hydrogen-bond acceptors (Lipinski definition) is 4. The van der Waals surface area contributed by atoms with Crippen LogP contribution in [0.3, 0.4) is 0 Å². The second kappa shape index (κ2) is 5.24. The van der Waals surface area contributed by atoms with Crippen LogP contribution in [0.15, 0.2) is 36.8 Å². The van der Waals surface area contributed by atoms with Crippen molar-refractivity contribution in [2.24, 2.45) is 0 Å². The number of fused-ring (bicyclic) bond motifs is 1. The monoisotopic (exact) mass is 273 g/mol. The lowest BCUT2D eigenvalue weighted by atomic mass is 10.2. The molecule has 2 aromatic heterocycles. The molecule has 1 aromatic carbocycles. The summed E-state index contributed by atoms with van der Waals surface area (Å²) in [6.07, 6.45) is 4.08. The van der Waals surface area contributed by atoms with Gasteiger partial charge in [-0.3, -0.25) is 10.1 Å². The van der Waals surface area contributed by atoms with Crippen LogP contribution in [0.5, 0.6) is 0 Å². The Morgan fingerprint density at radius 2 is 2.16 bits per heavy atom. The van der Waals surface area contributed by atoms with Gasteiger partial charge in [0.1, 0.15) is 12.2 Å². The fourth-order valence-corrected chi connectivity index (χ4v) is 2.11. The molecular weight excluding hydrogens is 262 g/mol. The average molecular weight is 274 g/mol. The largest absolute Gasteiger partial charge is 0.384 e. The third-order valence-electron chi connectivity index (χ3n) is 2.85. The van der Waals surface area contributed by atoms with E-state index in [9.17, 15) is 0 Å². The molecule has 3 aromatic rings. The molecule has 0 fully saturated rings. The highest BCUT2D eigenvalue weighted by Gasteiger charge is 2.02. The minimum Gasteiger partial charge on any atom is -0.384 e. The molecule has 19 heavy (non-hydrogen) atoms. The first-order chi connectivity index (χ1) is 9.33. The normalized spacial score (nSPS) is 10.8. The molecule has 2 N–H and O–H groups in total. The number of anilines is 1. The van der Waals surface area contributed by atoms with Crippen molar-refractivity contribution in [1.29, 1.82) is 0 Å². The first kappa shape index (κ1) is 11.9. The molecule has 0 saturated heterocycles. The molecule has 0 amide bonds. The summed E-state index contributed by atoms with van der Waals surface area (Å²) in [6.45, 7) is 0.775. The maximum atomic E-state index is 5.96. The van der Waals surface area contributed by atoms with Gasteiger partial charge in [-0.05, 0) is 24.3 Å². The summed E-state index contributed by atoms with van der Waals surface area (Å²) in [4.78, 5) is 8.39. The van der Waals surface area contributed by atoms with Crippen molar-refractivity contribution in [2.75, 3.05) is 11.9 Å². The lowest BCUT2D eigenvalue weighted by Gasteiger charge is -2.08. The number of nitrogens with zero attached hydrogens (tertiary/aromatic N) is 3. The summed E-state index contributed by atoms with van der Waals surface area (Å²) in [5.41, 5.74) is 1.93. The Kier molecular flexibility index (Phi) is 3.29. The molecular formula is C13H12ClN5. The smallest absolute Gasteiger partial charge is 0.137 e. The van der Waals surface area contributed by atoms with E-state index < -0.39 is 0 Å². The standard InChI is InChI=1S/C13H12ClN5/c14-9-1-2-10-11(3-5-16-12(10)7-9)15-6-4-13-17-8-18-19-13/h1-3,5,7-8H,4,6H2,(H,15,16)(H,17,18,19). The van der Waals surface area contributed by atoms with Crippen LogP contribution in [0, 0.1) is 0 Å². The van der Waals surface area contributed by atoms with Crippen LogP contribution >= 0.6 is 11.6 Å². The van der Waals surface area contributed by atoms with Crippen LogP contribution in [-0.2, 0) is 6.42 Å². The predicted octanol–water partition coefficient (Wildman–Crippen LogP) is 2.66. The molecule has 6 heteroatoms. The van der Waals surface area contributed by atoms with Gasteiger partial charge in [-0.2, -0.15) is 5.10 Å². The van der Waals surface area contributed by atoms with E-state index in [1.54, 1.807) is 6.20 Å². The minimum atomic E-state index is 0.693. The van der Waals surface area contributed by atoms with E-state index in [4.69, 9.17) is 11.6 Å². The highest BCUT2D eigenvalue weighted by Crippen LogP contribution is 2.24. The number of aromatic amines is 1. The lowest BCUT2D eigenvalue weighted by molar-refractivity contribution is 0.902.